The molecule has 0 bridgehead atoms. The fourth-order valence-corrected chi connectivity index (χ4v) is 3.41. The van der Waals surface area contributed by atoms with Crippen molar-refractivity contribution in [3.8, 4) is 11.3 Å². The van der Waals surface area contributed by atoms with E-state index in [1.54, 1.807) is 0 Å². The minimum atomic E-state index is -0.0278. The Balaban J connectivity index is 1.72. The van der Waals surface area contributed by atoms with E-state index in [1.807, 2.05) is 66.4 Å². The lowest BCUT2D eigenvalue weighted by molar-refractivity contribution is -0.115. The Bertz CT molecular complexity index is 1040. The van der Waals surface area contributed by atoms with Crippen LogP contribution in [0.4, 0.5) is 5.69 Å². The van der Waals surface area contributed by atoms with E-state index in [2.05, 4.69) is 5.32 Å². The molecule has 0 aliphatic carbocycles. The normalized spacial score (nSPS) is 14.0. The molecule has 1 aromatic heterocycles. The van der Waals surface area contributed by atoms with Gasteiger partial charge in [0.25, 0.3) is 5.91 Å². The van der Waals surface area contributed by atoms with Crippen LogP contribution in [0.1, 0.15) is 23.7 Å². The number of rotatable bonds is 4. The van der Waals surface area contributed by atoms with Gasteiger partial charge in [-0.3, -0.25) is 9.59 Å². The second-order valence-corrected chi connectivity index (χ2v) is 6.96. The van der Waals surface area contributed by atoms with E-state index < -0.39 is 0 Å². The highest BCUT2D eigenvalue weighted by molar-refractivity contribution is 6.07. The molecule has 0 atom stereocenters. The predicted octanol–water partition coefficient (Wildman–Crippen LogP) is 3.72. The molecule has 2 heterocycles. The zero-order valence-corrected chi connectivity index (χ0v) is 16.4. The van der Waals surface area contributed by atoms with Crippen LogP contribution in [0, 0.1) is 0 Å². The molecule has 4 rings (SSSR count). The fraction of sp³-hybridized carbons (Fsp3) is 0.261. The SMILES string of the molecule is CCC(=O)Nc1ccc(-c2cc(C(=O)N3CCOCC3)c3ccccc3n2)cc1. The first-order valence-electron chi connectivity index (χ1n) is 9.83. The Labute approximate surface area is 169 Å². The average molecular weight is 389 g/mol. The second-order valence-electron chi connectivity index (χ2n) is 6.96. The highest BCUT2D eigenvalue weighted by Gasteiger charge is 2.21. The summed E-state index contributed by atoms with van der Waals surface area (Å²) in [7, 11) is 0. The van der Waals surface area contributed by atoms with Gasteiger partial charge in [0.15, 0.2) is 0 Å². The molecule has 2 aromatic carbocycles. The van der Waals surface area contributed by atoms with Crippen molar-refractivity contribution in [2.24, 2.45) is 0 Å². The number of fused-ring (bicyclic) bond motifs is 1. The number of amides is 2. The zero-order valence-electron chi connectivity index (χ0n) is 16.4. The molecule has 1 aliphatic heterocycles. The van der Waals surface area contributed by atoms with Crippen molar-refractivity contribution >= 4 is 28.4 Å². The molecule has 29 heavy (non-hydrogen) atoms. The number of nitrogens with one attached hydrogen (secondary N) is 1. The Morgan fingerprint density at radius 2 is 1.79 bits per heavy atom. The van der Waals surface area contributed by atoms with Gasteiger partial charge >= 0.3 is 0 Å². The smallest absolute Gasteiger partial charge is 0.254 e. The van der Waals surface area contributed by atoms with Crippen molar-refractivity contribution in [3.63, 3.8) is 0 Å². The summed E-state index contributed by atoms with van der Waals surface area (Å²) < 4.78 is 5.38. The van der Waals surface area contributed by atoms with Gasteiger partial charge in [-0.25, -0.2) is 4.98 Å². The molecule has 0 saturated carbocycles. The third-order valence-electron chi connectivity index (χ3n) is 5.03. The number of nitrogens with zero attached hydrogens (tertiary/aromatic N) is 2. The molecular formula is C23H23N3O3. The molecule has 6 nitrogen and oxygen atoms in total. The van der Waals surface area contributed by atoms with Crippen LogP contribution >= 0.6 is 0 Å². The van der Waals surface area contributed by atoms with E-state index in [9.17, 15) is 9.59 Å². The monoisotopic (exact) mass is 389 g/mol. The Morgan fingerprint density at radius 1 is 1.07 bits per heavy atom. The van der Waals surface area contributed by atoms with E-state index >= 15 is 0 Å². The van der Waals surface area contributed by atoms with Crippen molar-refractivity contribution in [3.05, 3.63) is 60.2 Å². The molecule has 2 amide bonds. The number of pyridine rings is 1. The Hall–Kier alpha value is -3.25. The Kier molecular flexibility index (Phi) is 5.53. The average Bonchev–Trinajstić information content (AvgIpc) is 2.79. The Morgan fingerprint density at radius 3 is 2.52 bits per heavy atom. The summed E-state index contributed by atoms with van der Waals surface area (Å²) in [5.74, 6) is -0.0278. The minimum Gasteiger partial charge on any atom is -0.378 e. The van der Waals surface area contributed by atoms with Gasteiger partial charge in [-0.1, -0.05) is 37.3 Å². The molecule has 0 unspecified atom stereocenters. The molecular weight excluding hydrogens is 366 g/mol. The topological polar surface area (TPSA) is 71.5 Å². The van der Waals surface area contributed by atoms with Crippen molar-refractivity contribution in [1.82, 2.24) is 9.88 Å². The number of carbonyl (C=O) groups is 2. The number of benzene rings is 2. The van der Waals surface area contributed by atoms with Gasteiger partial charge in [0, 0.05) is 36.1 Å². The number of hydrogen-bond acceptors (Lipinski definition) is 4. The van der Waals surface area contributed by atoms with Crippen LogP contribution < -0.4 is 5.32 Å². The van der Waals surface area contributed by atoms with Gasteiger partial charge < -0.3 is 15.0 Å². The second kappa shape index (κ2) is 8.41. The summed E-state index contributed by atoms with van der Waals surface area (Å²) in [4.78, 5) is 31.4. The zero-order chi connectivity index (χ0) is 20.2. The van der Waals surface area contributed by atoms with E-state index in [4.69, 9.17) is 9.72 Å². The van der Waals surface area contributed by atoms with Gasteiger partial charge in [-0.05, 0) is 24.3 Å². The van der Waals surface area contributed by atoms with Crippen molar-refractivity contribution in [2.45, 2.75) is 13.3 Å². The van der Waals surface area contributed by atoms with Crippen LogP contribution in [0.3, 0.4) is 0 Å². The number of hydrogen-bond donors (Lipinski definition) is 1. The van der Waals surface area contributed by atoms with Crippen molar-refractivity contribution in [2.75, 3.05) is 31.6 Å². The van der Waals surface area contributed by atoms with E-state index in [-0.39, 0.29) is 11.8 Å². The molecule has 1 fully saturated rings. The van der Waals surface area contributed by atoms with Gasteiger partial charge in [0.1, 0.15) is 0 Å². The summed E-state index contributed by atoms with van der Waals surface area (Å²) >= 11 is 0. The lowest BCUT2D eigenvalue weighted by Crippen LogP contribution is -2.40. The van der Waals surface area contributed by atoms with Crippen LogP contribution in [0.25, 0.3) is 22.2 Å². The summed E-state index contributed by atoms with van der Waals surface area (Å²) in [6, 6.07) is 17.1. The van der Waals surface area contributed by atoms with Gasteiger partial charge in [0.05, 0.1) is 30.0 Å². The van der Waals surface area contributed by atoms with Crippen LogP contribution in [0.15, 0.2) is 54.6 Å². The third-order valence-corrected chi connectivity index (χ3v) is 5.03. The number of ether oxygens (including phenoxy) is 1. The number of morpholine rings is 1. The van der Waals surface area contributed by atoms with Gasteiger partial charge in [-0.15, -0.1) is 0 Å². The largest absolute Gasteiger partial charge is 0.378 e. The third kappa shape index (κ3) is 4.12. The first-order valence-corrected chi connectivity index (χ1v) is 9.83. The van der Waals surface area contributed by atoms with E-state index in [0.717, 1.165) is 27.8 Å². The van der Waals surface area contributed by atoms with Crippen LogP contribution in [0.5, 0.6) is 0 Å². The predicted molar refractivity (Wildman–Crippen MR) is 113 cm³/mol. The number of anilines is 1. The molecule has 0 radical (unpaired) electrons. The number of carbonyl (C=O) groups excluding carboxylic acids is 2. The van der Waals surface area contributed by atoms with Crippen LogP contribution in [-0.4, -0.2) is 48.0 Å². The van der Waals surface area contributed by atoms with Crippen LogP contribution in [0.2, 0.25) is 0 Å². The standard InChI is InChI=1S/C23H23N3O3/c1-2-22(27)24-17-9-7-16(8-10-17)21-15-19(18-5-3-4-6-20(18)25-21)23(28)26-11-13-29-14-12-26/h3-10,15H,2,11-14H2,1H3,(H,24,27). The summed E-state index contributed by atoms with van der Waals surface area (Å²) in [6.07, 6.45) is 0.432. The first kappa shape index (κ1) is 19.1. The molecule has 3 aromatic rings. The van der Waals surface area contributed by atoms with Crippen molar-refractivity contribution < 1.29 is 14.3 Å². The molecule has 1 N–H and O–H groups in total. The quantitative estimate of drug-likeness (QED) is 0.738. The van der Waals surface area contributed by atoms with Gasteiger partial charge in [0.2, 0.25) is 5.91 Å². The summed E-state index contributed by atoms with van der Waals surface area (Å²) in [5, 5.41) is 3.69. The van der Waals surface area contributed by atoms with E-state index in [0.29, 0.717) is 38.3 Å². The highest BCUT2D eigenvalue weighted by Crippen LogP contribution is 2.27. The van der Waals surface area contributed by atoms with Gasteiger partial charge in [-0.2, -0.15) is 0 Å². The lowest BCUT2D eigenvalue weighted by atomic mass is 10.0. The van der Waals surface area contributed by atoms with Crippen molar-refractivity contribution in [1.29, 1.82) is 0 Å². The summed E-state index contributed by atoms with van der Waals surface area (Å²) in [5.41, 5.74) is 3.79. The maximum atomic E-state index is 13.2. The van der Waals surface area contributed by atoms with Crippen LogP contribution in [-0.2, 0) is 9.53 Å². The molecule has 148 valence electrons. The number of para-hydroxylation sites is 1. The fourth-order valence-electron chi connectivity index (χ4n) is 3.41. The lowest BCUT2D eigenvalue weighted by Gasteiger charge is -2.27. The first-order chi connectivity index (χ1) is 14.2. The molecule has 1 saturated heterocycles. The molecule has 1 aliphatic rings. The maximum absolute atomic E-state index is 13.2. The minimum absolute atomic E-state index is 0.0000192. The summed E-state index contributed by atoms with van der Waals surface area (Å²) in [6.45, 7) is 4.13. The van der Waals surface area contributed by atoms with E-state index in [1.165, 1.54) is 0 Å². The maximum Gasteiger partial charge on any atom is 0.254 e. The molecule has 6 heteroatoms. The number of aromatic nitrogens is 1. The molecule has 0 spiro atoms. The highest BCUT2D eigenvalue weighted by atomic mass is 16.5.